The minimum Gasteiger partial charge on any atom is -0.494 e. The van der Waals surface area contributed by atoms with Crippen LogP contribution in [0.25, 0.3) is 0 Å². The molecule has 3 N–H and O–H groups in total. The molecule has 1 fully saturated rings. The van der Waals surface area contributed by atoms with E-state index in [1.807, 2.05) is 0 Å². The number of nitrogens with two attached hydrogens (primary N) is 1. The predicted octanol–water partition coefficient (Wildman–Crippen LogP) is 2.45. The Balaban J connectivity index is 0.00000338. The van der Waals surface area contributed by atoms with E-state index < -0.39 is 9.84 Å². The van der Waals surface area contributed by atoms with Crippen LogP contribution < -0.4 is 15.8 Å². The largest absolute Gasteiger partial charge is 0.494 e. The second kappa shape index (κ2) is 10.7. The van der Waals surface area contributed by atoms with Gasteiger partial charge in [0, 0.05) is 24.8 Å². The molecule has 1 aromatic carbocycles. The monoisotopic (exact) mass is 404 g/mol. The van der Waals surface area contributed by atoms with E-state index >= 15 is 0 Å². The van der Waals surface area contributed by atoms with Crippen molar-refractivity contribution in [3.8, 4) is 5.75 Å². The number of carbonyl (C=O) groups is 1. The lowest BCUT2D eigenvalue weighted by Crippen LogP contribution is -2.40. The molecule has 0 unspecified atom stereocenters. The molecule has 2 rings (SSSR count). The molecule has 0 heterocycles. The maximum atomic E-state index is 11.9. The number of halogens is 1. The number of hydrogen-bond acceptors (Lipinski definition) is 5. The van der Waals surface area contributed by atoms with Crippen LogP contribution in [0.3, 0.4) is 0 Å². The summed E-state index contributed by atoms with van der Waals surface area (Å²) in [6.45, 7) is 0.504. The SMILES string of the molecule is CS(=O)(=O)c1ccc(OCCCCC(=O)NC2CCC(N)CC2)cc1.Cl. The fraction of sp³-hybridized carbons (Fsp3) is 0.611. The number of carbonyl (C=O) groups excluding carboxylic acids is 1. The minimum absolute atomic E-state index is 0. The normalized spacial score (nSPS) is 20.1. The number of benzene rings is 1. The van der Waals surface area contributed by atoms with Gasteiger partial charge in [-0.2, -0.15) is 0 Å². The molecule has 1 saturated carbocycles. The summed E-state index contributed by atoms with van der Waals surface area (Å²) in [4.78, 5) is 12.2. The molecular formula is C18H29ClN2O4S. The third kappa shape index (κ3) is 7.93. The summed E-state index contributed by atoms with van der Waals surface area (Å²) in [5.41, 5.74) is 5.86. The van der Waals surface area contributed by atoms with Gasteiger partial charge in [-0.25, -0.2) is 8.42 Å². The third-order valence-corrected chi connectivity index (χ3v) is 5.58. The molecule has 148 valence electrons. The van der Waals surface area contributed by atoms with Crippen molar-refractivity contribution in [2.45, 2.75) is 61.9 Å². The highest BCUT2D eigenvalue weighted by Crippen LogP contribution is 2.18. The molecular weight excluding hydrogens is 376 g/mol. The van der Waals surface area contributed by atoms with Gasteiger partial charge in [0.1, 0.15) is 5.75 Å². The van der Waals surface area contributed by atoms with Crippen molar-refractivity contribution in [1.29, 1.82) is 0 Å². The van der Waals surface area contributed by atoms with Gasteiger partial charge in [0.15, 0.2) is 9.84 Å². The van der Waals surface area contributed by atoms with Gasteiger partial charge in [-0.15, -0.1) is 12.4 Å². The summed E-state index contributed by atoms with van der Waals surface area (Å²) < 4.78 is 28.3. The van der Waals surface area contributed by atoms with Crippen LogP contribution in [-0.4, -0.2) is 39.3 Å². The van der Waals surface area contributed by atoms with E-state index in [9.17, 15) is 13.2 Å². The molecule has 0 atom stereocenters. The zero-order valence-electron chi connectivity index (χ0n) is 15.1. The van der Waals surface area contributed by atoms with E-state index in [0.717, 1.165) is 38.5 Å². The van der Waals surface area contributed by atoms with E-state index in [0.29, 0.717) is 18.8 Å². The Morgan fingerprint density at radius 3 is 2.35 bits per heavy atom. The molecule has 0 spiro atoms. The van der Waals surface area contributed by atoms with E-state index in [1.54, 1.807) is 12.1 Å². The smallest absolute Gasteiger partial charge is 0.220 e. The Kier molecular flexibility index (Phi) is 9.39. The van der Waals surface area contributed by atoms with Crippen LogP contribution in [0.2, 0.25) is 0 Å². The molecule has 0 bridgehead atoms. The van der Waals surface area contributed by atoms with E-state index in [1.165, 1.54) is 18.4 Å². The van der Waals surface area contributed by atoms with Crippen LogP contribution in [0, 0.1) is 0 Å². The van der Waals surface area contributed by atoms with Crippen LogP contribution in [0.5, 0.6) is 5.75 Å². The first kappa shape index (κ1) is 22.7. The molecule has 1 aliphatic carbocycles. The highest BCUT2D eigenvalue weighted by Gasteiger charge is 2.19. The number of rotatable bonds is 8. The molecule has 1 aromatic rings. The van der Waals surface area contributed by atoms with Crippen LogP contribution in [0.4, 0.5) is 0 Å². The Hall–Kier alpha value is -1.31. The molecule has 0 aromatic heterocycles. The Labute approximate surface area is 162 Å². The van der Waals surface area contributed by atoms with Gasteiger partial charge in [-0.1, -0.05) is 0 Å². The summed E-state index contributed by atoms with van der Waals surface area (Å²) in [6, 6.07) is 6.93. The average molecular weight is 405 g/mol. The van der Waals surface area contributed by atoms with Crippen molar-refractivity contribution in [3.05, 3.63) is 24.3 Å². The Morgan fingerprint density at radius 1 is 1.15 bits per heavy atom. The van der Waals surface area contributed by atoms with E-state index in [2.05, 4.69) is 5.32 Å². The van der Waals surface area contributed by atoms with Crippen molar-refractivity contribution >= 4 is 28.2 Å². The fourth-order valence-corrected chi connectivity index (χ4v) is 3.55. The number of amides is 1. The minimum atomic E-state index is -3.18. The number of unbranched alkanes of at least 4 members (excludes halogenated alkanes) is 1. The second-order valence-electron chi connectivity index (χ2n) is 6.73. The van der Waals surface area contributed by atoms with Crippen molar-refractivity contribution < 1.29 is 17.9 Å². The number of ether oxygens (including phenoxy) is 1. The van der Waals surface area contributed by atoms with Gasteiger partial charge in [-0.3, -0.25) is 4.79 Å². The Bertz CT molecular complexity index is 656. The van der Waals surface area contributed by atoms with Crippen LogP contribution in [0.15, 0.2) is 29.2 Å². The highest BCUT2D eigenvalue weighted by molar-refractivity contribution is 7.90. The van der Waals surface area contributed by atoms with Gasteiger partial charge in [0.05, 0.1) is 11.5 Å². The topological polar surface area (TPSA) is 98.5 Å². The van der Waals surface area contributed by atoms with Gasteiger partial charge in [-0.05, 0) is 62.8 Å². The number of sulfone groups is 1. The lowest BCUT2D eigenvalue weighted by atomic mass is 9.92. The summed E-state index contributed by atoms with van der Waals surface area (Å²) in [5.74, 6) is 0.730. The standard InChI is InChI=1S/C18H28N2O4S.ClH/c1-25(22,23)17-11-9-16(10-12-17)24-13-3-2-4-18(21)20-15-7-5-14(19)6-8-15;/h9-12,14-15H,2-8,13,19H2,1H3,(H,20,21);1H. The van der Waals surface area contributed by atoms with E-state index in [4.69, 9.17) is 10.5 Å². The second-order valence-corrected chi connectivity index (χ2v) is 8.74. The maximum absolute atomic E-state index is 11.9. The van der Waals surface area contributed by atoms with Crippen molar-refractivity contribution in [2.75, 3.05) is 12.9 Å². The summed E-state index contributed by atoms with van der Waals surface area (Å²) in [7, 11) is -3.18. The first-order chi connectivity index (χ1) is 11.8. The quantitative estimate of drug-likeness (QED) is 0.648. The molecule has 0 radical (unpaired) electrons. The van der Waals surface area contributed by atoms with Crippen LogP contribution >= 0.6 is 12.4 Å². The van der Waals surface area contributed by atoms with Crippen LogP contribution in [-0.2, 0) is 14.6 Å². The average Bonchev–Trinajstić information content (AvgIpc) is 2.56. The lowest BCUT2D eigenvalue weighted by Gasteiger charge is -2.26. The van der Waals surface area contributed by atoms with Crippen molar-refractivity contribution in [1.82, 2.24) is 5.32 Å². The Morgan fingerprint density at radius 2 is 1.77 bits per heavy atom. The zero-order chi connectivity index (χ0) is 18.3. The van der Waals surface area contributed by atoms with Crippen molar-refractivity contribution in [3.63, 3.8) is 0 Å². The van der Waals surface area contributed by atoms with Gasteiger partial charge >= 0.3 is 0 Å². The van der Waals surface area contributed by atoms with Gasteiger partial charge < -0.3 is 15.8 Å². The first-order valence-corrected chi connectivity index (χ1v) is 10.7. The third-order valence-electron chi connectivity index (χ3n) is 4.46. The number of nitrogens with one attached hydrogen (secondary N) is 1. The molecule has 0 aliphatic heterocycles. The van der Waals surface area contributed by atoms with Crippen LogP contribution in [0.1, 0.15) is 44.9 Å². The zero-order valence-corrected chi connectivity index (χ0v) is 16.8. The maximum Gasteiger partial charge on any atom is 0.220 e. The predicted molar refractivity (Wildman–Crippen MR) is 105 cm³/mol. The summed E-state index contributed by atoms with van der Waals surface area (Å²) in [6.07, 6.45) is 7.12. The molecule has 1 amide bonds. The van der Waals surface area contributed by atoms with Gasteiger partial charge in [0.2, 0.25) is 5.91 Å². The van der Waals surface area contributed by atoms with Crippen molar-refractivity contribution in [2.24, 2.45) is 5.73 Å². The highest BCUT2D eigenvalue weighted by atomic mass is 35.5. The fourth-order valence-electron chi connectivity index (χ4n) is 2.92. The first-order valence-electron chi connectivity index (χ1n) is 8.82. The number of hydrogen-bond donors (Lipinski definition) is 2. The molecule has 0 saturated heterocycles. The van der Waals surface area contributed by atoms with E-state index in [-0.39, 0.29) is 35.3 Å². The summed E-state index contributed by atoms with van der Waals surface area (Å²) in [5, 5.41) is 3.08. The molecule has 6 nitrogen and oxygen atoms in total. The summed E-state index contributed by atoms with van der Waals surface area (Å²) >= 11 is 0. The molecule has 1 aliphatic rings. The molecule has 26 heavy (non-hydrogen) atoms. The lowest BCUT2D eigenvalue weighted by molar-refractivity contribution is -0.122. The van der Waals surface area contributed by atoms with Gasteiger partial charge in [0.25, 0.3) is 0 Å². The molecule has 8 heteroatoms.